The van der Waals surface area contributed by atoms with Gasteiger partial charge < -0.3 is 0 Å². The summed E-state index contributed by atoms with van der Waals surface area (Å²) in [5.41, 5.74) is 2.66. The fourth-order valence-corrected chi connectivity index (χ4v) is 2.39. The van der Waals surface area contributed by atoms with E-state index in [1.54, 1.807) is 0 Å². The summed E-state index contributed by atoms with van der Waals surface area (Å²) in [5, 5.41) is 0. The zero-order chi connectivity index (χ0) is 11.8. The standard InChI is InChI=1S/C16H24/c1-4-9-14(3)10-8-13-16-12-7-6-11-15(16)5-2/h2,7,12,14H,4,6,8-11,13H2,1,3H3. The second kappa shape index (κ2) is 7.34. The zero-order valence-electron chi connectivity index (χ0n) is 10.8. The van der Waals surface area contributed by atoms with Crippen molar-refractivity contribution in [3.63, 3.8) is 0 Å². The van der Waals surface area contributed by atoms with Crippen LogP contribution in [0.3, 0.4) is 0 Å². The van der Waals surface area contributed by atoms with Gasteiger partial charge in [0.1, 0.15) is 0 Å². The molecule has 16 heavy (non-hydrogen) atoms. The molecule has 0 aromatic heterocycles. The van der Waals surface area contributed by atoms with Crippen LogP contribution in [0.1, 0.15) is 58.8 Å². The molecule has 88 valence electrons. The number of hydrogen-bond donors (Lipinski definition) is 0. The molecule has 0 bridgehead atoms. The molecule has 0 saturated heterocycles. The van der Waals surface area contributed by atoms with Gasteiger partial charge in [-0.1, -0.05) is 51.2 Å². The molecule has 0 aromatic rings. The summed E-state index contributed by atoms with van der Waals surface area (Å²) in [7, 11) is 0. The first-order valence-electron chi connectivity index (χ1n) is 6.63. The molecule has 0 heteroatoms. The van der Waals surface area contributed by atoms with Crippen LogP contribution in [0.2, 0.25) is 0 Å². The van der Waals surface area contributed by atoms with E-state index in [1.165, 1.54) is 43.3 Å². The van der Waals surface area contributed by atoms with Crippen molar-refractivity contribution in [3.8, 4) is 12.3 Å². The van der Waals surface area contributed by atoms with Crippen molar-refractivity contribution in [2.75, 3.05) is 0 Å². The third-order valence-corrected chi connectivity index (χ3v) is 3.37. The van der Waals surface area contributed by atoms with Gasteiger partial charge in [-0.3, -0.25) is 0 Å². The van der Waals surface area contributed by atoms with E-state index in [0.717, 1.165) is 18.8 Å². The second-order valence-corrected chi connectivity index (χ2v) is 4.88. The molecule has 1 unspecified atom stereocenters. The smallest absolute Gasteiger partial charge is 0.00525 e. The Morgan fingerprint density at radius 3 is 2.94 bits per heavy atom. The van der Waals surface area contributed by atoms with Crippen LogP contribution in [0.5, 0.6) is 0 Å². The molecular weight excluding hydrogens is 192 g/mol. The summed E-state index contributed by atoms with van der Waals surface area (Å²) in [5.74, 6) is 3.71. The predicted octanol–water partition coefficient (Wildman–Crippen LogP) is 4.87. The summed E-state index contributed by atoms with van der Waals surface area (Å²) >= 11 is 0. The van der Waals surface area contributed by atoms with Gasteiger partial charge in [0.25, 0.3) is 0 Å². The van der Waals surface area contributed by atoms with Crippen LogP contribution in [0.25, 0.3) is 0 Å². The van der Waals surface area contributed by atoms with Crippen LogP contribution >= 0.6 is 0 Å². The minimum Gasteiger partial charge on any atom is -0.115 e. The lowest BCUT2D eigenvalue weighted by Crippen LogP contribution is -1.97. The summed E-state index contributed by atoms with van der Waals surface area (Å²) in [4.78, 5) is 0. The summed E-state index contributed by atoms with van der Waals surface area (Å²) < 4.78 is 0. The fourth-order valence-electron chi connectivity index (χ4n) is 2.39. The predicted molar refractivity (Wildman–Crippen MR) is 72.2 cm³/mol. The molecule has 0 radical (unpaired) electrons. The van der Waals surface area contributed by atoms with Gasteiger partial charge in [0.15, 0.2) is 0 Å². The number of terminal acetylenes is 1. The highest BCUT2D eigenvalue weighted by Gasteiger charge is 2.07. The summed E-state index contributed by atoms with van der Waals surface area (Å²) in [6, 6.07) is 0. The van der Waals surface area contributed by atoms with Gasteiger partial charge in [-0.25, -0.2) is 0 Å². The Kier molecular flexibility index (Phi) is 6.01. The van der Waals surface area contributed by atoms with E-state index >= 15 is 0 Å². The first-order chi connectivity index (χ1) is 7.77. The SMILES string of the molecule is C#CC1=C(CCCC(C)CCC)C=CCC1. The molecule has 0 N–H and O–H groups in total. The maximum absolute atomic E-state index is 5.53. The van der Waals surface area contributed by atoms with Crippen molar-refractivity contribution < 1.29 is 0 Å². The van der Waals surface area contributed by atoms with Crippen LogP contribution in [0.4, 0.5) is 0 Å². The molecule has 1 aliphatic rings. The number of rotatable bonds is 6. The molecule has 0 spiro atoms. The summed E-state index contributed by atoms with van der Waals surface area (Å²) in [6.45, 7) is 4.62. The highest BCUT2D eigenvalue weighted by Crippen LogP contribution is 2.24. The molecule has 1 rings (SSSR count). The maximum Gasteiger partial charge on any atom is 0.00525 e. The molecule has 0 aliphatic heterocycles. The van der Waals surface area contributed by atoms with E-state index in [0.29, 0.717) is 0 Å². The van der Waals surface area contributed by atoms with Crippen LogP contribution < -0.4 is 0 Å². The Morgan fingerprint density at radius 1 is 1.44 bits per heavy atom. The highest BCUT2D eigenvalue weighted by molar-refractivity contribution is 5.39. The number of allylic oxidation sites excluding steroid dienone is 4. The zero-order valence-corrected chi connectivity index (χ0v) is 10.8. The van der Waals surface area contributed by atoms with Gasteiger partial charge in [0, 0.05) is 5.57 Å². The molecule has 1 aliphatic carbocycles. The maximum atomic E-state index is 5.53. The fraction of sp³-hybridized carbons (Fsp3) is 0.625. The molecule has 0 saturated carbocycles. The van der Waals surface area contributed by atoms with E-state index in [9.17, 15) is 0 Å². The van der Waals surface area contributed by atoms with Gasteiger partial charge >= 0.3 is 0 Å². The van der Waals surface area contributed by atoms with Gasteiger partial charge in [-0.15, -0.1) is 6.42 Å². The monoisotopic (exact) mass is 216 g/mol. The van der Waals surface area contributed by atoms with Crippen molar-refractivity contribution in [1.29, 1.82) is 0 Å². The highest BCUT2D eigenvalue weighted by atomic mass is 14.1. The minimum absolute atomic E-state index is 0.868. The largest absolute Gasteiger partial charge is 0.115 e. The first kappa shape index (κ1) is 13.1. The Bertz CT molecular complexity index is 298. The van der Waals surface area contributed by atoms with Gasteiger partial charge in [0.05, 0.1) is 0 Å². The van der Waals surface area contributed by atoms with Gasteiger partial charge in [0.2, 0.25) is 0 Å². The molecule has 0 fully saturated rings. The topological polar surface area (TPSA) is 0 Å². The van der Waals surface area contributed by atoms with E-state index in [-0.39, 0.29) is 0 Å². The second-order valence-electron chi connectivity index (χ2n) is 4.88. The van der Waals surface area contributed by atoms with Crippen LogP contribution in [0, 0.1) is 18.3 Å². The normalized spacial score (nSPS) is 17.3. The molecular formula is C16H24. The van der Waals surface area contributed by atoms with Crippen molar-refractivity contribution >= 4 is 0 Å². The molecule has 0 nitrogen and oxygen atoms in total. The van der Waals surface area contributed by atoms with Gasteiger partial charge in [-0.05, 0) is 37.2 Å². The van der Waals surface area contributed by atoms with E-state index in [4.69, 9.17) is 6.42 Å². The lowest BCUT2D eigenvalue weighted by Gasteiger charge is -2.13. The number of hydrogen-bond acceptors (Lipinski definition) is 0. The third kappa shape index (κ3) is 4.27. The van der Waals surface area contributed by atoms with E-state index in [1.807, 2.05) is 0 Å². The minimum atomic E-state index is 0.868. The third-order valence-electron chi connectivity index (χ3n) is 3.37. The van der Waals surface area contributed by atoms with Crippen LogP contribution in [-0.2, 0) is 0 Å². The Hall–Kier alpha value is -0.960. The van der Waals surface area contributed by atoms with E-state index in [2.05, 4.69) is 31.9 Å². The lowest BCUT2D eigenvalue weighted by molar-refractivity contribution is 0.469. The van der Waals surface area contributed by atoms with Crippen molar-refractivity contribution in [3.05, 3.63) is 23.3 Å². The Morgan fingerprint density at radius 2 is 2.25 bits per heavy atom. The van der Waals surface area contributed by atoms with Crippen molar-refractivity contribution in [1.82, 2.24) is 0 Å². The van der Waals surface area contributed by atoms with Crippen molar-refractivity contribution in [2.24, 2.45) is 5.92 Å². The molecule has 1 atom stereocenters. The molecule has 0 aromatic carbocycles. The molecule has 0 amide bonds. The molecule has 0 heterocycles. The van der Waals surface area contributed by atoms with Crippen LogP contribution in [0.15, 0.2) is 23.3 Å². The van der Waals surface area contributed by atoms with Crippen molar-refractivity contribution in [2.45, 2.75) is 58.8 Å². The quantitative estimate of drug-likeness (QED) is 0.555. The Labute approximate surface area is 101 Å². The van der Waals surface area contributed by atoms with E-state index < -0.39 is 0 Å². The Balaban J connectivity index is 2.34. The lowest BCUT2D eigenvalue weighted by atomic mass is 9.92. The van der Waals surface area contributed by atoms with Gasteiger partial charge in [-0.2, -0.15) is 0 Å². The summed E-state index contributed by atoms with van der Waals surface area (Å²) in [6.07, 6.45) is 18.7. The average Bonchev–Trinajstić information content (AvgIpc) is 2.30. The average molecular weight is 216 g/mol. The van der Waals surface area contributed by atoms with Crippen LogP contribution in [-0.4, -0.2) is 0 Å². The first-order valence-corrected chi connectivity index (χ1v) is 6.63.